The Kier molecular flexibility index (Phi) is 8.87. The molecule has 12 aromatic rings. The van der Waals surface area contributed by atoms with Gasteiger partial charge in [-0.25, -0.2) is 24.9 Å². The predicted octanol–water partition coefficient (Wildman–Crippen LogP) is 15.5. The van der Waals surface area contributed by atoms with Gasteiger partial charge in [0.2, 0.25) is 0 Å². The summed E-state index contributed by atoms with van der Waals surface area (Å²) in [6.07, 6.45) is 0. The maximum atomic E-state index is 6.77. The molecule has 0 bridgehead atoms. The van der Waals surface area contributed by atoms with Gasteiger partial charge in [-0.3, -0.25) is 0 Å². The molecule has 7 heteroatoms. The maximum Gasteiger partial charge on any atom is 0.164 e. The Bertz CT molecular complexity index is 3900. The highest BCUT2D eigenvalue weighted by Gasteiger charge is 2.52. The van der Waals surface area contributed by atoms with Crippen LogP contribution in [-0.2, 0) is 5.41 Å². The summed E-state index contributed by atoms with van der Waals surface area (Å²) < 4.78 is 9.05. The number of aromatic nitrogens is 5. The van der Waals surface area contributed by atoms with Crippen LogP contribution in [0.4, 0.5) is 0 Å². The van der Waals surface area contributed by atoms with E-state index in [4.69, 9.17) is 29.7 Å². The van der Waals surface area contributed by atoms with Gasteiger partial charge in [0.15, 0.2) is 23.3 Å². The predicted molar refractivity (Wildman–Crippen MR) is 278 cm³/mol. The smallest absolute Gasteiger partial charge is 0.164 e. The molecule has 0 unspecified atom stereocenters. The molecule has 0 saturated heterocycles. The number of thiophene rings is 1. The van der Waals surface area contributed by atoms with Crippen molar-refractivity contribution in [3.8, 4) is 90.6 Å². The van der Waals surface area contributed by atoms with E-state index in [1.165, 1.54) is 4.70 Å². The third-order valence-corrected chi connectivity index (χ3v) is 14.8. The molecule has 3 aromatic heterocycles. The number of nitrogens with zero attached hydrogens (tertiary/aromatic N) is 5. The highest BCUT2D eigenvalue weighted by molar-refractivity contribution is 7.26. The molecular weight excluding hydrogens is 863 g/mol. The molecule has 6 nitrogen and oxygen atoms in total. The number of fused-ring (bicyclic) bond motifs is 12. The minimum atomic E-state index is -0.740. The molecule has 0 fully saturated rings. The summed E-state index contributed by atoms with van der Waals surface area (Å²) in [6, 6.07) is 78.4. The fourth-order valence-corrected chi connectivity index (χ4v) is 11.7. The highest BCUT2D eigenvalue weighted by atomic mass is 32.1. The summed E-state index contributed by atoms with van der Waals surface area (Å²) in [4.78, 5) is 26.3. The maximum absolute atomic E-state index is 6.77. The second-order valence-electron chi connectivity index (χ2n) is 17.5. The topological polar surface area (TPSA) is 73.7 Å². The van der Waals surface area contributed by atoms with Crippen molar-refractivity contribution in [2.45, 2.75) is 5.41 Å². The van der Waals surface area contributed by atoms with E-state index in [0.29, 0.717) is 23.3 Å². The van der Waals surface area contributed by atoms with Gasteiger partial charge in [0.05, 0.1) is 21.3 Å². The van der Waals surface area contributed by atoms with Gasteiger partial charge in [-0.1, -0.05) is 194 Å². The zero-order valence-corrected chi connectivity index (χ0v) is 37.7. The first kappa shape index (κ1) is 39.3. The lowest BCUT2D eigenvalue weighted by Crippen LogP contribution is -2.32. The van der Waals surface area contributed by atoms with E-state index in [1.807, 2.05) is 42.5 Å². The fraction of sp³-hybridized carbons (Fsp3) is 0.0161. The minimum Gasteiger partial charge on any atom is -0.457 e. The van der Waals surface area contributed by atoms with Gasteiger partial charge in [0.25, 0.3) is 0 Å². The lowest BCUT2D eigenvalue weighted by molar-refractivity contribution is 0.436. The summed E-state index contributed by atoms with van der Waals surface area (Å²) in [5, 5.41) is 1.14. The molecule has 1 spiro atoms. The monoisotopic (exact) mass is 899 g/mol. The standard InChI is InChI=1S/C62H37N5OS/c1-4-18-38(19-5-1)55-57-56(45-26-10-15-33-53(45)69-57)64-60(63-55)43-25-16-24-41(36-43)42-34-35-44-50(37-42)62(47-28-11-13-31-51(47)68-52-32-14-12-29-48(52)62)49-30-17-27-46(54(44)49)61-66-58(39-20-6-2-7-21-39)65-59(67-61)40-22-8-3-9-23-40/h1-37H. The van der Waals surface area contributed by atoms with E-state index in [0.717, 1.165) is 105 Å². The number of para-hydroxylation sites is 2. The van der Waals surface area contributed by atoms with E-state index >= 15 is 0 Å². The molecule has 69 heavy (non-hydrogen) atoms. The van der Waals surface area contributed by atoms with Gasteiger partial charge < -0.3 is 4.74 Å². The van der Waals surface area contributed by atoms with Gasteiger partial charge in [-0.15, -0.1) is 11.3 Å². The SMILES string of the molecule is c1ccc(-c2nc(-c3ccccc3)nc(-c3cccc4c3-c3ccc(-c5cccc(-c6nc(-c7ccccc7)c7sc8ccccc8c7n6)c5)cc3C43c4ccccc4Oc4ccccc43)n2)cc1. The zero-order chi connectivity index (χ0) is 45.5. The van der Waals surface area contributed by atoms with Crippen LogP contribution >= 0.6 is 11.3 Å². The Balaban J connectivity index is 0.997. The van der Waals surface area contributed by atoms with Crippen molar-refractivity contribution in [2.75, 3.05) is 0 Å². The van der Waals surface area contributed by atoms with Crippen molar-refractivity contribution in [3.05, 3.63) is 247 Å². The first-order chi connectivity index (χ1) is 34.2. The molecule has 1 aliphatic carbocycles. The van der Waals surface area contributed by atoms with Crippen molar-refractivity contribution in [3.63, 3.8) is 0 Å². The van der Waals surface area contributed by atoms with E-state index in [1.54, 1.807) is 11.3 Å². The number of rotatable bonds is 6. The van der Waals surface area contributed by atoms with E-state index in [9.17, 15) is 0 Å². The Hall–Kier alpha value is -8.91. The molecule has 0 radical (unpaired) electrons. The molecular formula is C62H37N5OS. The molecule has 0 N–H and O–H groups in total. The second-order valence-corrected chi connectivity index (χ2v) is 18.5. The van der Waals surface area contributed by atoms with Crippen LogP contribution in [0.15, 0.2) is 224 Å². The highest BCUT2D eigenvalue weighted by Crippen LogP contribution is 2.63. The average Bonchev–Trinajstić information content (AvgIpc) is 3.95. The summed E-state index contributed by atoms with van der Waals surface area (Å²) in [6.45, 7) is 0. The largest absolute Gasteiger partial charge is 0.457 e. The van der Waals surface area contributed by atoms with Crippen LogP contribution in [0, 0.1) is 0 Å². The Morgan fingerprint density at radius 2 is 0.884 bits per heavy atom. The number of ether oxygens (including phenoxy) is 1. The van der Waals surface area contributed by atoms with Crippen LogP contribution in [0.2, 0.25) is 0 Å². The molecule has 322 valence electrons. The molecule has 0 atom stereocenters. The summed E-state index contributed by atoms with van der Waals surface area (Å²) in [7, 11) is 0. The van der Waals surface area contributed by atoms with Crippen LogP contribution in [0.3, 0.4) is 0 Å². The summed E-state index contributed by atoms with van der Waals surface area (Å²) in [5.74, 6) is 4.19. The molecule has 2 aliphatic rings. The average molecular weight is 900 g/mol. The minimum absolute atomic E-state index is 0.609. The third-order valence-electron chi connectivity index (χ3n) is 13.6. The zero-order valence-electron chi connectivity index (χ0n) is 36.9. The molecule has 14 rings (SSSR count). The second kappa shape index (κ2) is 15.6. The van der Waals surface area contributed by atoms with Crippen molar-refractivity contribution in [2.24, 2.45) is 0 Å². The lowest BCUT2D eigenvalue weighted by atomic mass is 9.66. The molecule has 1 aliphatic heterocycles. The first-order valence-corrected chi connectivity index (χ1v) is 23.9. The van der Waals surface area contributed by atoms with Crippen LogP contribution in [0.25, 0.3) is 99.4 Å². The third kappa shape index (κ3) is 6.14. The van der Waals surface area contributed by atoms with Gasteiger partial charge >= 0.3 is 0 Å². The lowest BCUT2D eigenvalue weighted by Gasteiger charge is -2.39. The number of hydrogen-bond acceptors (Lipinski definition) is 7. The van der Waals surface area contributed by atoms with E-state index in [2.05, 4.69) is 182 Å². The summed E-state index contributed by atoms with van der Waals surface area (Å²) in [5.41, 5.74) is 14.8. The van der Waals surface area contributed by atoms with Crippen molar-refractivity contribution < 1.29 is 4.74 Å². The van der Waals surface area contributed by atoms with Crippen LogP contribution in [0.1, 0.15) is 22.3 Å². The quantitative estimate of drug-likeness (QED) is 0.166. The van der Waals surface area contributed by atoms with Gasteiger partial charge in [0, 0.05) is 49.0 Å². The number of benzene rings is 9. The van der Waals surface area contributed by atoms with Crippen LogP contribution < -0.4 is 4.74 Å². The van der Waals surface area contributed by atoms with Gasteiger partial charge in [-0.2, -0.15) is 0 Å². The van der Waals surface area contributed by atoms with E-state index < -0.39 is 5.41 Å². The van der Waals surface area contributed by atoms with Gasteiger partial charge in [-0.05, 0) is 63.7 Å². The van der Waals surface area contributed by atoms with Crippen molar-refractivity contribution in [1.82, 2.24) is 24.9 Å². The first-order valence-electron chi connectivity index (χ1n) is 23.1. The molecule has 4 heterocycles. The molecule has 0 saturated carbocycles. The van der Waals surface area contributed by atoms with Crippen LogP contribution in [-0.4, -0.2) is 24.9 Å². The van der Waals surface area contributed by atoms with Gasteiger partial charge in [0.1, 0.15) is 11.5 Å². The normalized spacial score (nSPS) is 12.9. The Morgan fingerprint density at radius 3 is 1.59 bits per heavy atom. The van der Waals surface area contributed by atoms with Crippen molar-refractivity contribution >= 4 is 31.6 Å². The summed E-state index contributed by atoms with van der Waals surface area (Å²) >= 11 is 1.75. The fourth-order valence-electron chi connectivity index (χ4n) is 10.6. The Morgan fingerprint density at radius 1 is 0.348 bits per heavy atom. The Labute approximate surface area is 402 Å². The van der Waals surface area contributed by atoms with E-state index in [-0.39, 0.29) is 0 Å². The van der Waals surface area contributed by atoms with Crippen LogP contribution in [0.5, 0.6) is 11.5 Å². The molecule has 9 aromatic carbocycles. The van der Waals surface area contributed by atoms with Crippen molar-refractivity contribution in [1.29, 1.82) is 0 Å². The number of hydrogen-bond donors (Lipinski definition) is 0. The molecule has 0 amide bonds.